The number of hydrogen-bond acceptors (Lipinski definition) is 6. The number of nitrogens with two attached hydrogens (primary N) is 1. The Bertz CT molecular complexity index is 1310. The number of aromatic nitrogens is 2. The van der Waals surface area contributed by atoms with E-state index in [4.69, 9.17) is 15.3 Å². The predicted octanol–water partition coefficient (Wildman–Crippen LogP) is 3.72. The Kier molecular flexibility index (Phi) is 6.45. The van der Waals surface area contributed by atoms with Gasteiger partial charge in [-0.2, -0.15) is 5.10 Å². The number of rotatable bonds is 7. The average molecular weight is 488 g/mol. The van der Waals surface area contributed by atoms with Gasteiger partial charge in [-0.15, -0.1) is 0 Å². The third-order valence-corrected chi connectivity index (χ3v) is 6.97. The van der Waals surface area contributed by atoms with Gasteiger partial charge in [0.1, 0.15) is 18.6 Å². The van der Waals surface area contributed by atoms with Crippen LogP contribution < -0.4 is 15.4 Å². The summed E-state index contributed by atoms with van der Waals surface area (Å²) in [6.07, 6.45) is 5.08. The van der Waals surface area contributed by atoms with E-state index in [0.29, 0.717) is 41.6 Å². The van der Waals surface area contributed by atoms with E-state index >= 15 is 0 Å². The highest BCUT2D eigenvalue weighted by Crippen LogP contribution is 2.32. The highest BCUT2D eigenvalue weighted by molar-refractivity contribution is 6.10. The number of benzene rings is 2. The van der Waals surface area contributed by atoms with Gasteiger partial charge in [-0.25, -0.2) is 4.68 Å². The van der Waals surface area contributed by atoms with Crippen molar-refractivity contribution in [2.45, 2.75) is 32.1 Å². The molecule has 0 radical (unpaired) electrons. The Morgan fingerprint density at radius 2 is 1.69 bits per heavy atom. The summed E-state index contributed by atoms with van der Waals surface area (Å²) in [5.41, 5.74) is 10.0. The monoisotopic (exact) mass is 487 g/mol. The van der Waals surface area contributed by atoms with Crippen molar-refractivity contribution < 1.29 is 19.2 Å². The third-order valence-electron chi connectivity index (χ3n) is 6.97. The van der Waals surface area contributed by atoms with E-state index in [1.54, 1.807) is 43.4 Å². The number of methoxy groups -OCH3 is 1. The molecular formula is C27H29N5O4. The Morgan fingerprint density at radius 1 is 1.03 bits per heavy atom. The number of anilines is 1. The van der Waals surface area contributed by atoms with Gasteiger partial charge in [0.15, 0.2) is 5.69 Å². The van der Waals surface area contributed by atoms with Gasteiger partial charge in [-0.05, 0) is 61.2 Å². The second-order valence-corrected chi connectivity index (χ2v) is 9.04. The molecule has 2 aromatic carbocycles. The molecule has 1 aliphatic heterocycles. The second-order valence-electron chi connectivity index (χ2n) is 9.04. The van der Waals surface area contributed by atoms with E-state index in [9.17, 15) is 9.59 Å². The Hall–Kier alpha value is -4.14. The second kappa shape index (κ2) is 9.85. The maximum absolute atomic E-state index is 13.7. The number of ether oxygens (including phenoxy) is 1. The molecular weight excluding hydrogens is 458 g/mol. The molecule has 5 rings (SSSR count). The van der Waals surface area contributed by atoms with Gasteiger partial charge < -0.3 is 20.2 Å². The van der Waals surface area contributed by atoms with Crippen LogP contribution in [0, 0.1) is 5.92 Å². The molecule has 186 valence electrons. The normalized spacial score (nSPS) is 16.2. The number of carbonyl (C=O) groups is 2. The van der Waals surface area contributed by atoms with Gasteiger partial charge in [0.2, 0.25) is 0 Å². The number of primary amides is 1. The van der Waals surface area contributed by atoms with Gasteiger partial charge in [0.05, 0.1) is 18.5 Å². The zero-order valence-electron chi connectivity index (χ0n) is 20.4. The number of fused-ring (bicyclic) bond motifs is 1. The number of nitrogens with zero attached hydrogens (tertiary/aromatic N) is 4. The number of carbonyl (C=O) groups excluding carboxylic acids is 2. The van der Waals surface area contributed by atoms with Crippen molar-refractivity contribution >= 4 is 23.2 Å². The van der Waals surface area contributed by atoms with E-state index < -0.39 is 5.91 Å². The Labute approximate surface area is 209 Å². The highest BCUT2D eigenvalue weighted by Gasteiger charge is 2.34. The lowest BCUT2D eigenvalue weighted by molar-refractivity contribution is 0.0972. The third kappa shape index (κ3) is 4.21. The van der Waals surface area contributed by atoms with Gasteiger partial charge in [-0.3, -0.25) is 9.59 Å². The van der Waals surface area contributed by atoms with E-state index in [1.807, 2.05) is 24.3 Å². The van der Waals surface area contributed by atoms with Gasteiger partial charge in [0, 0.05) is 23.7 Å². The standard InChI is InChI=1S/C27H29N5O4/c1-35-21-13-11-20(12-14-21)32-25-22(24(29-32)26(28)33)15-16-31(27(25)34)19-9-7-18(8-10-19)23(30-36-2)17-5-3-4-6-17/h7-14,17H,3-6,15-16H2,1-2H3,(H2,28,33)/b30-23-. The molecule has 0 unspecified atom stereocenters. The summed E-state index contributed by atoms with van der Waals surface area (Å²) in [5.74, 6) is 0.181. The smallest absolute Gasteiger partial charge is 0.277 e. The van der Waals surface area contributed by atoms with E-state index in [1.165, 1.54) is 17.5 Å². The SMILES string of the molecule is CO/N=C(\c1ccc(N2CCc3c(C(N)=O)nn(-c4ccc(OC)cc4)c3C2=O)cc1)C1CCCC1. The first-order chi connectivity index (χ1) is 17.5. The molecule has 0 bridgehead atoms. The molecule has 1 aromatic heterocycles. The largest absolute Gasteiger partial charge is 0.497 e. The number of amides is 2. The van der Waals surface area contributed by atoms with E-state index in [0.717, 1.165) is 29.8 Å². The van der Waals surface area contributed by atoms with Crippen molar-refractivity contribution in [3.05, 3.63) is 71.0 Å². The summed E-state index contributed by atoms with van der Waals surface area (Å²) in [5, 5.41) is 8.73. The van der Waals surface area contributed by atoms with Crippen molar-refractivity contribution in [1.29, 1.82) is 0 Å². The van der Waals surface area contributed by atoms with Crippen molar-refractivity contribution in [3.8, 4) is 11.4 Å². The van der Waals surface area contributed by atoms with Crippen LogP contribution in [0.2, 0.25) is 0 Å². The topological polar surface area (TPSA) is 112 Å². The van der Waals surface area contributed by atoms with Gasteiger partial charge in [0.25, 0.3) is 11.8 Å². The Morgan fingerprint density at radius 3 is 2.31 bits per heavy atom. The minimum atomic E-state index is -0.652. The molecule has 1 saturated carbocycles. The van der Waals surface area contributed by atoms with Crippen molar-refractivity contribution in [2.75, 3.05) is 25.7 Å². The van der Waals surface area contributed by atoms with Crippen molar-refractivity contribution in [3.63, 3.8) is 0 Å². The summed E-state index contributed by atoms with van der Waals surface area (Å²) in [4.78, 5) is 32.7. The van der Waals surface area contributed by atoms with Crippen LogP contribution in [0.1, 0.15) is 57.8 Å². The lowest BCUT2D eigenvalue weighted by Gasteiger charge is -2.28. The molecule has 2 N–H and O–H groups in total. The summed E-state index contributed by atoms with van der Waals surface area (Å²) in [7, 11) is 3.15. The van der Waals surface area contributed by atoms with Gasteiger partial charge in [-0.1, -0.05) is 30.1 Å². The van der Waals surface area contributed by atoms with Crippen molar-refractivity contribution in [2.24, 2.45) is 16.8 Å². The number of hydrogen-bond donors (Lipinski definition) is 1. The lowest BCUT2D eigenvalue weighted by atomic mass is 9.95. The maximum Gasteiger partial charge on any atom is 0.277 e. The first kappa shape index (κ1) is 23.6. The summed E-state index contributed by atoms with van der Waals surface area (Å²) >= 11 is 0. The quantitative estimate of drug-likeness (QED) is 0.403. The van der Waals surface area contributed by atoms with Crippen molar-refractivity contribution in [1.82, 2.24) is 9.78 Å². The minimum absolute atomic E-state index is 0.126. The van der Waals surface area contributed by atoms with E-state index in [-0.39, 0.29) is 11.6 Å². The average Bonchev–Trinajstić information content (AvgIpc) is 3.57. The molecule has 9 nitrogen and oxygen atoms in total. The molecule has 2 aliphatic rings. The van der Waals surface area contributed by atoms with Crippen LogP contribution in [0.25, 0.3) is 5.69 Å². The fourth-order valence-electron chi connectivity index (χ4n) is 5.19. The molecule has 36 heavy (non-hydrogen) atoms. The molecule has 2 amide bonds. The lowest BCUT2D eigenvalue weighted by Crippen LogP contribution is -2.39. The summed E-state index contributed by atoms with van der Waals surface area (Å²) in [6.45, 7) is 0.418. The fourth-order valence-corrected chi connectivity index (χ4v) is 5.19. The minimum Gasteiger partial charge on any atom is -0.497 e. The van der Waals surface area contributed by atoms with Crippen LogP contribution in [0.3, 0.4) is 0 Å². The van der Waals surface area contributed by atoms with Crippen LogP contribution in [0.5, 0.6) is 5.75 Å². The van der Waals surface area contributed by atoms with Crippen LogP contribution in [-0.4, -0.2) is 48.1 Å². The number of oxime groups is 1. The fraction of sp³-hybridized carbons (Fsp3) is 0.333. The summed E-state index contributed by atoms with van der Waals surface area (Å²) < 4.78 is 6.74. The summed E-state index contributed by atoms with van der Waals surface area (Å²) in [6, 6.07) is 15.0. The first-order valence-corrected chi connectivity index (χ1v) is 12.1. The first-order valence-electron chi connectivity index (χ1n) is 12.1. The zero-order chi connectivity index (χ0) is 25.2. The molecule has 0 atom stereocenters. The molecule has 1 aliphatic carbocycles. The van der Waals surface area contributed by atoms with E-state index in [2.05, 4.69) is 10.3 Å². The predicted molar refractivity (Wildman–Crippen MR) is 136 cm³/mol. The molecule has 0 saturated heterocycles. The van der Waals surface area contributed by atoms with Crippen LogP contribution >= 0.6 is 0 Å². The molecule has 2 heterocycles. The van der Waals surface area contributed by atoms with Crippen LogP contribution in [-0.2, 0) is 11.3 Å². The molecule has 0 spiro atoms. The zero-order valence-corrected chi connectivity index (χ0v) is 20.4. The maximum atomic E-state index is 13.7. The molecule has 9 heteroatoms. The Balaban J connectivity index is 1.48. The molecule has 3 aromatic rings. The van der Waals surface area contributed by atoms with Gasteiger partial charge >= 0.3 is 0 Å². The van der Waals surface area contributed by atoms with Crippen LogP contribution in [0.4, 0.5) is 5.69 Å². The van der Waals surface area contributed by atoms with Crippen LogP contribution in [0.15, 0.2) is 53.7 Å². The highest BCUT2D eigenvalue weighted by atomic mass is 16.6. The molecule has 1 fully saturated rings.